The van der Waals surface area contributed by atoms with Crippen LogP contribution in [-0.4, -0.2) is 30.2 Å². The van der Waals surface area contributed by atoms with E-state index >= 15 is 0 Å². The molecule has 20 heavy (non-hydrogen) atoms. The monoisotopic (exact) mass is 293 g/mol. The number of nitrogens with one attached hydrogen (secondary N) is 1. The number of rotatable bonds is 7. The Morgan fingerprint density at radius 2 is 2.20 bits per heavy atom. The van der Waals surface area contributed by atoms with Crippen molar-refractivity contribution < 1.29 is 4.74 Å². The second kappa shape index (κ2) is 6.06. The van der Waals surface area contributed by atoms with Gasteiger partial charge in [-0.3, -0.25) is 4.98 Å². The summed E-state index contributed by atoms with van der Waals surface area (Å²) >= 11 is 5.15. The van der Waals surface area contributed by atoms with Crippen LogP contribution >= 0.6 is 12.2 Å². The predicted molar refractivity (Wildman–Crippen MR) is 86.2 cm³/mol. The van der Waals surface area contributed by atoms with Gasteiger partial charge in [0.05, 0.1) is 5.56 Å². The van der Waals surface area contributed by atoms with Gasteiger partial charge in [0.15, 0.2) is 0 Å². The molecule has 0 unspecified atom stereocenters. The maximum atomic E-state index is 5.83. The molecule has 1 fully saturated rings. The molecule has 0 saturated heterocycles. The van der Waals surface area contributed by atoms with Gasteiger partial charge < -0.3 is 15.8 Å². The number of aryl methyl sites for hydroxylation is 2. The van der Waals surface area contributed by atoms with Crippen molar-refractivity contribution >= 4 is 22.9 Å². The first kappa shape index (κ1) is 15.2. The van der Waals surface area contributed by atoms with Gasteiger partial charge in [0, 0.05) is 37.3 Å². The van der Waals surface area contributed by atoms with E-state index in [1.165, 1.54) is 12.8 Å². The van der Waals surface area contributed by atoms with E-state index in [2.05, 4.69) is 10.3 Å². The summed E-state index contributed by atoms with van der Waals surface area (Å²) in [6, 6.07) is 2.02. The van der Waals surface area contributed by atoms with Gasteiger partial charge in [0.1, 0.15) is 4.99 Å². The first-order chi connectivity index (χ1) is 9.47. The molecule has 1 saturated carbocycles. The van der Waals surface area contributed by atoms with Crippen LogP contribution in [0.4, 0.5) is 5.69 Å². The predicted octanol–water partition coefficient (Wildman–Crippen LogP) is 2.56. The molecule has 1 aliphatic carbocycles. The summed E-state index contributed by atoms with van der Waals surface area (Å²) in [6.07, 6.45) is 3.62. The van der Waals surface area contributed by atoms with Crippen LogP contribution in [0.1, 0.15) is 36.2 Å². The van der Waals surface area contributed by atoms with Crippen LogP contribution in [0.3, 0.4) is 0 Å². The largest absolute Gasteiger partial charge is 0.389 e. The minimum absolute atomic E-state index is 0.384. The third kappa shape index (κ3) is 3.46. The molecule has 0 bridgehead atoms. The molecule has 1 aromatic heterocycles. The Hall–Kier alpha value is -1.20. The highest BCUT2D eigenvalue weighted by atomic mass is 32.1. The summed E-state index contributed by atoms with van der Waals surface area (Å²) < 4.78 is 5.19. The molecular formula is C15H23N3OS. The number of nitrogens with zero attached hydrogens (tertiary/aromatic N) is 1. The first-order valence-electron chi connectivity index (χ1n) is 6.98. The molecule has 110 valence electrons. The van der Waals surface area contributed by atoms with E-state index in [0.29, 0.717) is 10.4 Å². The minimum atomic E-state index is 0.384. The molecular weight excluding hydrogens is 270 g/mol. The molecule has 1 aliphatic rings. The zero-order chi connectivity index (χ0) is 14.8. The second-order valence-electron chi connectivity index (χ2n) is 5.73. The fourth-order valence-corrected chi connectivity index (χ4v) is 2.83. The lowest BCUT2D eigenvalue weighted by molar-refractivity contribution is 0.175. The molecule has 0 amide bonds. The van der Waals surface area contributed by atoms with Crippen LogP contribution in [0.5, 0.6) is 0 Å². The van der Waals surface area contributed by atoms with Gasteiger partial charge in [0.25, 0.3) is 0 Å². The van der Waals surface area contributed by atoms with E-state index in [1.54, 1.807) is 7.11 Å². The van der Waals surface area contributed by atoms with Crippen LogP contribution in [0, 0.1) is 19.3 Å². The maximum Gasteiger partial charge on any atom is 0.107 e. The van der Waals surface area contributed by atoms with Gasteiger partial charge in [0.2, 0.25) is 0 Å². The normalized spacial score (nSPS) is 15.9. The van der Waals surface area contributed by atoms with Gasteiger partial charge in [-0.2, -0.15) is 0 Å². The molecule has 0 radical (unpaired) electrons. The van der Waals surface area contributed by atoms with Gasteiger partial charge in [-0.25, -0.2) is 0 Å². The van der Waals surface area contributed by atoms with E-state index in [0.717, 1.165) is 42.2 Å². The molecule has 5 heteroatoms. The lowest BCUT2D eigenvalue weighted by atomic mass is 10.0. The summed E-state index contributed by atoms with van der Waals surface area (Å²) in [4.78, 5) is 4.84. The highest BCUT2D eigenvalue weighted by Gasteiger charge is 2.41. The van der Waals surface area contributed by atoms with Crippen molar-refractivity contribution in [2.75, 3.05) is 25.6 Å². The Morgan fingerprint density at radius 1 is 1.50 bits per heavy atom. The summed E-state index contributed by atoms with van der Waals surface area (Å²) in [6.45, 7) is 5.69. The summed E-state index contributed by atoms with van der Waals surface area (Å²) in [5, 5.41) is 3.52. The van der Waals surface area contributed by atoms with E-state index in [-0.39, 0.29) is 0 Å². The van der Waals surface area contributed by atoms with E-state index in [9.17, 15) is 0 Å². The summed E-state index contributed by atoms with van der Waals surface area (Å²) in [5.74, 6) is 0. The van der Waals surface area contributed by atoms with Crippen LogP contribution in [0.25, 0.3) is 0 Å². The van der Waals surface area contributed by atoms with Gasteiger partial charge in [-0.1, -0.05) is 12.2 Å². The van der Waals surface area contributed by atoms with E-state index in [4.69, 9.17) is 22.7 Å². The standard InChI is InChI=1S/C15H23N3OS/c1-10-8-12(13(14(16)20)11(2)18-10)17-9-15(4-5-15)6-7-19-3/h8H,4-7,9H2,1-3H3,(H2,16,20)(H,17,18). The molecule has 0 aliphatic heterocycles. The Bertz CT molecular complexity index is 512. The SMILES string of the molecule is COCCC1(CNc2cc(C)nc(C)c2C(N)=S)CC1. The van der Waals surface area contributed by atoms with E-state index in [1.807, 2.05) is 19.9 Å². The minimum Gasteiger partial charge on any atom is -0.389 e. The van der Waals surface area contributed by atoms with Gasteiger partial charge in [-0.15, -0.1) is 0 Å². The first-order valence-corrected chi connectivity index (χ1v) is 7.39. The fourth-order valence-electron chi connectivity index (χ4n) is 2.57. The van der Waals surface area contributed by atoms with Crippen LogP contribution in [-0.2, 0) is 4.74 Å². The number of methoxy groups -OCH3 is 1. The van der Waals surface area contributed by atoms with Crippen molar-refractivity contribution in [2.24, 2.45) is 11.1 Å². The van der Waals surface area contributed by atoms with Gasteiger partial charge in [-0.05, 0) is 44.6 Å². The van der Waals surface area contributed by atoms with Crippen molar-refractivity contribution in [3.8, 4) is 0 Å². The van der Waals surface area contributed by atoms with Crippen LogP contribution in [0.15, 0.2) is 6.07 Å². The molecule has 0 atom stereocenters. The van der Waals surface area contributed by atoms with Gasteiger partial charge >= 0.3 is 0 Å². The summed E-state index contributed by atoms with van der Waals surface area (Å²) in [5.41, 5.74) is 9.96. The molecule has 3 N–H and O–H groups in total. The highest BCUT2D eigenvalue weighted by molar-refractivity contribution is 7.80. The lowest BCUT2D eigenvalue weighted by Crippen LogP contribution is -2.21. The number of ether oxygens (including phenoxy) is 1. The third-order valence-corrected chi connectivity index (χ3v) is 4.23. The maximum absolute atomic E-state index is 5.83. The number of hydrogen-bond donors (Lipinski definition) is 2. The Balaban J connectivity index is 2.11. The number of anilines is 1. The summed E-state index contributed by atoms with van der Waals surface area (Å²) in [7, 11) is 1.75. The zero-order valence-corrected chi connectivity index (χ0v) is 13.3. The average molecular weight is 293 g/mol. The van der Waals surface area contributed by atoms with Crippen LogP contribution < -0.4 is 11.1 Å². The molecule has 0 aromatic carbocycles. The lowest BCUT2D eigenvalue weighted by Gasteiger charge is -2.19. The molecule has 1 aromatic rings. The number of nitrogens with two attached hydrogens (primary N) is 1. The Labute approximate surface area is 126 Å². The van der Waals surface area contributed by atoms with Crippen molar-refractivity contribution in [1.82, 2.24) is 4.98 Å². The molecule has 2 rings (SSSR count). The Morgan fingerprint density at radius 3 is 2.75 bits per heavy atom. The van der Waals surface area contributed by atoms with Crippen molar-refractivity contribution in [1.29, 1.82) is 0 Å². The number of hydrogen-bond acceptors (Lipinski definition) is 4. The number of thiocarbonyl (C=S) groups is 1. The number of aromatic nitrogens is 1. The Kier molecular flexibility index (Phi) is 4.60. The fraction of sp³-hybridized carbons (Fsp3) is 0.600. The average Bonchev–Trinajstić information content (AvgIpc) is 3.13. The third-order valence-electron chi connectivity index (χ3n) is 4.02. The quantitative estimate of drug-likeness (QED) is 0.757. The zero-order valence-electron chi connectivity index (χ0n) is 12.5. The topological polar surface area (TPSA) is 60.2 Å². The smallest absolute Gasteiger partial charge is 0.107 e. The van der Waals surface area contributed by atoms with E-state index < -0.39 is 0 Å². The highest BCUT2D eigenvalue weighted by Crippen LogP contribution is 2.48. The van der Waals surface area contributed by atoms with Crippen LogP contribution in [0.2, 0.25) is 0 Å². The number of pyridine rings is 1. The van der Waals surface area contributed by atoms with Crippen molar-refractivity contribution in [3.63, 3.8) is 0 Å². The molecule has 1 heterocycles. The van der Waals surface area contributed by atoms with Crippen molar-refractivity contribution in [2.45, 2.75) is 33.1 Å². The van der Waals surface area contributed by atoms with Crippen molar-refractivity contribution in [3.05, 3.63) is 23.0 Å². The second-order valence-corrected chi connectivity index (χ2v) is 6.17. The molecule has 0 spiro atoms. The molecule has 4 nitrogen and oxygen atoms in total.